The molecule has 2 aliphatic rings. The number of rotatable bonds is 2. The molecule has 7 heteroatoms. The number of hydrogen-bond donors (Lipinski definition) is 2. The van der Waals surface area contributed by atoms with Gasteiger partial charge in [0.15, 0.2) is 0 Å². The van der Waals surface area contributed by atoms with E-state index in [2.05, 4.69) is 10.6 Å². The SMILES string of the molecule is CN(C(=O)OC(C)(C)C)[C@]1(c2ccccc2)C[C@@]2(C1)NC(=O)NC2=O. The molecule has 25 heavy (non-hydrogen) atoms. The monoisotopic (exact) mass is 345 g/mol. The van der Waals surface area contributed by atoms with Gasteiger partial charge in [0, 0.05) is 19.9 Å². The molecular formula is C18H23N3O4. The van der Waals surface area contributed by atoms with E-state index in [0.717, 1.165) is 5.56 Å². The van der Waals surface area contributed by atoms with Crippen LogP contribution in [-0.2, 0) is 15.1 Å². The number of amides is 4. The molecule has 3 rings (SSSR count). The summed E-state index contributed by atoms with van der Waals surface area (Å²) in [5, 5.41) is 4.99. The van der Waals surface area contributed by atoms with Crippen molar-refractivity contribution >= 4 is 18.0 Å². The number of imide groups is 1. The average molecular weight is 345 g/mol. The van der Waals surface area contributed by atoms with E-state index in [1.807, 2.05) is 30.3 Å². The zero-order valence-corrected chi connectivity index (χ0v) is 14.9. The normalized spacial score (nSPS) is 28.2. The topological polar surface area (TPSA) is 87.7 Å². The summed E-state index contributed by atoms with van der Waals surface area (Å²) in [6.07, 6.45) is 0.144. The van der Waals surface area contributed by atoms with Crippen LogP contribution in [0.5, 0.6) is 0 Å². The Balaban J connectivity index is 1.92. The molecule has 0 unspecified atom stereocenters. The molecule has 0 radical (unpaired) electrons. The van der Waals surface area contributed by atoms with Gasteiger partial charge in [-0.15, -0.1) is 0 Å². The Hall–Kier alpha value is -2.57. The van der Waals surface area contributed by atoms with Gasteiger partial charge in [0.05, 0.1) is 5.54 Å². The van der Waals surface area contributed by atoms with Gasteiger partial charge in [0.2, 0.25) is 0 Å². The maximum atomic E-state index is 12.6. The number of carbonyl (C=O) groups is 3. The van der Waals surface area contributed by atoms with Crippen molar-refractivity contribution in [2.24, 2.45) is 0 Å². The van der Waals surface area contributed by atoms with Gasteiger partial charge in [-0.25, -0.2) is 9.59 Å². The minimum atomic E-state index is -0.969. The Labute approximate surface area is 146 Å². The third-order valence-corrected chi connectivity index (χ3v) is 4.82. The number of nitrogens with zero attached hydrogens (tertiary/aromatic N) is 1. The maximum Gasteiger partial charge on any atom is 0.410 e. The second-order valence-corrected chi connectivity index (χ2v) is 7.78. The van der Waals surface area contributed by atoms with Crippen molar-refractivity contribution in [2.75, 3.05) is 7.05 Å². The zero-order valence-electron chi connectivity index (χ0n) is 14.9. The van der Waals surface area contributed by atoms with E-state index < -0.39 is 28.8 Å². The third-order valence-electron chi connectivity index (χ3n) is 4.82. The number of ether oxygens (including phenoxy) is 1. The van der Waals surface area contributed by atoms with E-state index in [-0.39, 0.29) is 5.91 Å². The lowest BCUT2D eigenvalue weighted by Gasteiger charge is -2.56. The van der Waals surface area contributed by atoms with Gasteiger partial charge in [0.25, 0.3) is 5.91 Å². The number of carbonyl (C=O) groups excluding carboxylic acids is 3. The number of benzene rings is 1. The van der Waals surface area contributed by atoms with Crippen molar-refractivity contribution in [3.05, 3.63) is 35.9 Å². The Morgan fingerprint density at radius 3 is 2.24 bits per heavy atom. The highest BCUT2D eigenvalue weighted by Crippen LogP contribution is 2.53. The van der Waals surface area contributed by atoms with E-state index in [1.54, 1.807) is 27.8 Å². The molecule has 2 fully saturated rings. The summed E-state index contributed by atoms with van der Waals surface area (Å²) in [5.41, 5.74) is -1.39. The van der Waals surface area contributed by atoms with E-state index in [1.165, 1.54) is 4.90 Å². The van der Waals surface area contributed by atoms with Crippen molar-refractivity contribution in [2.45, 2.75) is 50.3 Å². The van der Waals surface area contributed by atoms with Gasteiger partial charge in [-0.2, -0.15) is 0 Å². The molecule has 1 aliphatic carbocycles. The largest absolute Gasteiger partial charge is 0.444 e. The second kappa shape index (κ2) is 5.47. The van der Waals surface area contributed by atoms with Crippen molar-refractivity contribution in [1.82, 2.24) is 15.5 Å². The minimum absolute atomic E-state index is 0.303. The van der Waals surface area contributed by atoms with Crippen molar-refractivity contribution < 1.29 is 19.1 Å². The predicted octanol–water partition coefficient (Wildman–Crippen LogP) is 2.12. The summed E-state index contributed by atoms with van der Waals surface area (Å²) in [7, 11) is 1.67. The molecule has 134 valence electrons. The van der Waals surface area contributed by atoms with E-state index >= 15 is 0 Å². The molecular weight excluding hydrogens is 322 g/mol. The molecule has 1 aromatic carbocycles. The van der Waals surface area contributed by atoms with Gasteiger partial charge < -0.3 is 15.0 Å². The van der Waals surface area contributed by atoms with E-state index in [0.29, 0.717) is 12.8 Å². The molecule has 0 aromatic heterocycles. The van der Waals surface area contributed by atoms with Crippen molar-refractivity contribution in [3.8, 4) is 0 Å². The van der Waals surface area contributed by atoms with Crippen molar-refractivity contribution in [1.29, 1.82) is 0 Å². The second-order valence-electron chi connectivity index (χ2n) is 7.78. The molecule has 1 saturated heterocycles. The van der Waals surface area contributed by atoms with Crippen LogP contribution in [0.15, 0.2) is 30.3 Å². The Kier molecular flexibility index (Phi) is 3.78. The van der Waals surface area contributed by atoms with Crippen molar-refractivity contribution in [3.63, 3.8) is 0 Å². The zero-order chi connectivity index (χ0) is 18.5. The summed E-state index contributed by atoms with van der Waals surface area (Å²) >= 11 is 0. The first-order valence-corrected chi connectivity index (χ1v) is 8.24. The first kappa shape index (κ1) is 17.3. The highest BCUT2D eigenvalue weighted by molar-refractivity contribution is 6.08. The van der Waals surface area contributed by atoms with Crippen LogP contribution in [0.2, 0.25) is 0 Å². The fraction of sp³-hybridized carbons (Fsp3) is 0.500. The summed E-state index contributed by atoms with van der Waals surface area (Å²) in [6, 6.07) is 9.01. The van der Waals surface area contributed by atoms with Crippen LogP contribution in [0.25, 0.3) is 0 Å². The van der Waals surface area contributed by atoms with E-state index in [4.69, 9.17) is 4.74 Å². The fourth-order valence-electron chi connectivity index (χ4n) is 3.61. The minimum Gasteiger partial charge on any atom is -0.444 e. The molecule has 1 saturated carbocycles. The molecule has 7 nitrogen and oxygen atoms in total. The fourth-order valence-corrected chi connectivity index (χ4v) is 3.61. The van der Waals surface area contributed by atoms with Gasteiger partial charge in [-0.05, 0) is 26.3 Å². The quantitative estimate of drug-likeness (QED) is 0.804. The molecule has 2 N–H and O–H groups in total. The lowest BCUT2D eigenvalue weighted by Crippen LogP contribution is -2.69. The highest BCUT2D eigenvalue weighted by Gasteiger charge is 2.65. The molecule has 0 atom stereocenters. The van der Waals surface area contributed by atoms with Crippen LogP contribution in [0, 0.1) is 0 Å². The molecule has 1 heterocycles. The van der Waals surface area contributed by atoms with Gasteiger partial charge in [0.1, 0.15) is 11.1 Å². The summed E-state index contributed by atoms with van der Waals surface area (Å²) in [6.45, 7) is 5.42. The van der Waals surface area contributed by atoms with Crippen LogP contribution >= 0.6 is 0 Å². The molecule has 1 aliphatic heterocycles. The first-order valence-electron chi connectivity index (χ1n) is 8.24. The summed E-state index contributed by atoms with van der Waals surface area (Å²) in [4.78, 5) is 37.9. The molecule has 1 aromatic rings. The molecule has 4 amide bonds. The van der Waals surface area contributed by atoms with Crippen LogP contribution in [-0.4, -0.2) is 41.1 Å². The molecule has 1 spiro atoms. The Bertz CT molecular complexity index is 718. The highest BCUT2D eigenvalue weighted by atomic mass is 16.6. The van der Waals surface area contributed by atoms with Gasteiger partial charge in [-0.1, -0.05) is 30.3 Å². The first-order chi connectivity index (χ1) is 11.6. The number of hydrogen-bond acceptors (Lipinski definition) is 4. The van der Waals surface area contributed by atoms with E-state index in [9.17, 15) is 14.4 Å². The van der Waals surface area contributed by atoms with Crippen LogP contribution in [0.1, 0.15) is 39.2 Å². The summed E-state index contributed by atoms with van der Waals surface area (Å²) in [5.74, 6) is -0.346. The van der Waals surface area contributed by atoms with Gasteiger partial charge in [-0.3, -0.25) is 10.1 Å². The average Bonchev–Trinajstić information content (AvgIpc) is 2.78. The molecule has 0 bridgehead atoms. The Morgan fingerprint density at radius 2 is 1.76 bits per heavy atom. The lowest BCUT2D eigenvalue weighted by molar-refractivity contribution is -0.135. The maximum absolute atomic E-state index is 12.6. The number of nitrogens with one attached hydrogen (secondary N) is 2. The number of urea groups is 1. The van der Waals surface area contributed by atoms with Crippen LogP contribution in [0.4, 0.5) is 9.59 Å². The Morgan fingerprint density at radius 1 is 1.16 bits per heavy atom. The van der Waals surface area contributed by atoms with Gasteiger partial charge >= 0.3 is 12.1 Å². The standard InChI is InChI=1S/C18H23N3O4/c1-16(2,3)25-15(24)21(4)18(12-8-6-5-7-9-12)10-17(11-18)13(22)19-14(23)20-17/h5-9H,10-11H2,1-4H3,(H2,19,20,22,23)/t17-,18+. The smallest absolute Gasteiger partial charge is 0.410 e. The van der Waals surface area contributed by atoms with Crippen LogP contribution in [0.3, 0.4) is 0 Å². The lowest BCUT2D eigenvalue weighted by atomic mass is 9.59. The summed E-state index contributed by atoms with van der Waals surface area (Å²) < 4.78 is 5.50. The predicted molar refractivity (Wildman–Crippen MR) is 90.8 cm³/mol. The third kappa shape index (κ3) is 2.83. The van der Waals surface area contributed by atoms with Crippen LogP contribution < -0.4 is 10.6 Å².